The third-order valence-electron chi connectivity index (χ3n) is 4.11. The minimum Gasteiger partial charge on any atom is -0.486 e. The summed E-state index contributed by atoms with van der Waals surface area (Å²) >= 11 is 0. The van der Waals surface area contributed by atoms with Crippen molar-refractivity contribution in [2.24, 2.45) is 0 Å². The predicted octanol–water partition coefficient (Wildman–Crippen LogP) is 2.12. The van der Waals surface area contributed by atoms with E-state index in [1.54, 1.807) is 13.8 Å². The van der Waals surface area contributed by atoms with Gasteiger partial charge in [0.25, 0.3) is 5.91 Å². The second-order valence-electron chi connectivity index (χ2n) is 5.78. The van der Waals surface area contributed by atoms with Crippen LogP contribution in [0.2, 0.25) is 0 Å². The summed E-state index contributed by atoms with van der Waals surface area (Å²) < 4.78 is 15.8. The van der Waals surface area contributed by atoms with Crippen molar-refractivity contribution in [3.05, 3.63) is 46.3 Å². The monoisotopic (exact) mass is 344 g/mol. The number of carbonyl (C=O) groups excluding carboxylic acids is 2. The van der Waals surface area contributed by atoms with Crippen molar-refractivity contribution in [2.45, 2.75) is 20.4 Å². The number of aromatic nitrogens is 1. The molecular formula is C18H20N2O5. The topological polar surface area (TPSA) is 89.7 Å². The fraction of sp³-hybridized carbons (Fsp3) is 0.333. The molecule has 0 unspecified atom stereocenters. The fourth-order valence-electron chi connectivity index (χ4n) is 2.85. The zero-order valence-electron chi connectivity index (χ0n) is 14.4. The van der Waals surface area contributed by atoms with Crippen LogP contribution in [0.5, 0.6) is 11.5 Å². The quantitative estimate of drug-likeness (QED) is 0.829. The molecule has 132 valence electrons. The van der Waals surface area contributed by atoms with Gasteiger partial charge in [-0.2, -0.15) is 0 Å². The number of ether oxygens (including phenoxy) is 3. The van der Waals surface area contributed by atoms with Gasteiger partial charge in [0.1, 0.15) is 18.9 Å². The Morgan fingerprint density at radius 3 is 2.64 bits per heavy atom. The van der Waals surface area contributed by atoms with E-state index in [1.165, 1.54) is 7.11 Å². The molecule has 0 aliphatic carbocycles. The minimum atomic E-state index is -0.461. The Kier molecular flexibility index (Phi) is 4.65. The molecule has 2 aromatic rings. The number of fused-ring (bicyclic) bond motifs is 1. The highest BCUT2D eigenvalue weighted by Gasteiger charge is 2.22. The fourth-order valence-corrected chi connectivity index (χ4v) is 2.85. The van der Waals surface area contributed by atoms with Gasteiger partial charge in [-0.05, 0) is 37.1 Å². The summed E-state index contributed by atoms with van der Waals surface area (Å²) in [6.45, 7) is 4.84. The third-order valence-corrected chi connectivity index (χ3v) is 4.11. The second kappa shape index (κ2) is 6.88. The molecule has 25 heavy (non-hydrogen) atoms. The summed E-state index contributed by atoms with van der Waals surface area (Å²) in [5.74, 6) is 0.639. The van der Waals surface area contributed by atoms with E-state index in [4.69, 9.17) is 14.2 Å². The third kappa shape index (κ3) is 3.31. The van der Waals surface area contributed by atoms with E-state index in [2.05, 4.69) is 10.3 Å². The van der Waals surface area contributed by atoms with Crippen LogP contribution < -0.4 is 14.8 Å². The van der Waals surface area contributed by atoms with E-state index < -0.39 is 5.97 Å². The van der Waals surface area contributed by atoms with E-state index in [1.807, 2.05) is 18.2 Å². The Morgan fingerprint density at radius 1 is 1.20 bits per heavy atom. The SMILES string of the molecule is COC(=O)c1c(C)[nH]c(C(=O)NCc2ccc3c(c2)OCCO3)c1C. The molecule has 1 aromatic heterocycles. The van der Waals surface area contributed by atoms with Crippen LogP contribution in [0.25, 0.3) is 0 Å². The van der Waals surface area contributed by atoms with Crippen LogP contribution in [-0.4, -0.2) is 37.2 Å². The first kappa shape index (κ1) is 16.9. The molecule has 2 N–H and O–H groups in total. The predicted molar refractivity (Wildman–Crippen MR) is 90.2 cm³/mol. The first-order chi connectivity index (χ1) is 12.0. The maximum absolute atomic E-state index is 12.5. The molecule has 0 atom stereocenters. The number of esters is 1. The first-order valence-corrected chi connectivity index (χ1v) is 7.95. The van der Waals surface area contributed by atoms with Crippen molar-refractivity contribution < 1.29 is 23.8 Å². The van der Waals surface area contributed by atoms with Crippen LogP contribution in [-0.2, 0) is 11.3 Å². The van der Waals surface area contributed by atoms with Crippen LogP contribution in [0.4, 0.5) is 0 Å². The highest BCUT2D eigenvalue weighted by Crippen LogP contribution is 2.30. The second-order valence-corrected chi connectivity index (χ2v) is 5.78. The molecule has 3 rings (SSSR count). The normalized spacial score (nSPS) is 12.6. The number of benzene rings is 1. The zero-order valence-corrected chi connectivity index (χ0v) is 14.4. The number of amides is 1. The number of hydrogen-bond donors (Lipinski definition) is 2. The van der Waals surface area contributed by atoms with Gasteiger partial charge in [-0.1, -0.05) is 6.07 Å². The molecule has 1 aliphatic heterocycles. The molecule has 2 heterocycles. The van der Waals surface area contributed by atoms with E-state index in [0.29, 0.717) is 53.8 Å². The molecule has 1 aliphatic rings. The minimum absolute atomic E-state index is 0.286. The number of rotatable bonds is 4. The molecule has 0 radical (unpaired) electrons. The maximum Gasteiger partial charge on any atom is 0.339 e. The summed E-state index contributed by atoms with van der Waals surface area (Å²) in [4.78, 5) is 27.2. The molecule has 7 nitrogen and oxygen atoms in total. The van der Waals surface area contributed by atoms with Gasteiger partial charge in [-0.3, -0.25) is 4.79 Å². The van der Waals surface area contributed by atoms with Gasteiger partial charge in [0, 0.05) is 12.2 Å². The van der Waals surface area contributed by atoms with Gasteiger partial charge in [-0.15, -0.1) is 0 Å². The molecule has 0 bridgehead atoms. The summed E-state index contributed by atoms with van der Waals surface area (Å²) in [7, 11) is 1.32. The van der Waals surface area contributed by atoms with Gasteiger partial charge in [0.05, 0.1) is 12.7 Å². The lowest BCUT2D eigenvalue weighted by Crippen LogP contribution is -2.24. The smallest absolute Gasteiger partial charge is 0.339 e. The lowest BCUT2D eigenvalue weighted by atomic mass is 10.1. The first-order valence-electron chi connectivity index (χ1n) is 7.95. The molecule has 0 saturated carbocycles. The van der Waals surface area contributed by atoms with Gasteiger partial charge in [-0.25, -0.2) is 4.79 Å². The average Bonchev–Trinajstić information content (AvgIpc) is 2.93. The number of methoxy groups -OCH3 is 1. The van der Waals surface area contributed by atoms with Crippen molar-refractivity contribution in [2.75, 3.05) is 20.3 Å². The average molecular weight is 344 g/mol. The van der Waals surface area contributed by atoms with Gasteiger partial charge in [0.2, 0.25) is 0 Å². The van der Waals surface area contributed by atoms with Crippen LogP contribution in [0.15, 0.2) is 18.2 Å². The largest absolute Gasteiger partial charge is 0.486 e. The number of nitrogens with one attached hydrogen (secondary N) is 2. The Bertz CT molecular complexity index is 825. The van der Waals surface area contributed by atoms with Crippen LogP contribution in [0.1, 0.15) is 37.7 Å². The lowest BCUT2D eigenvalue weighted by molar-refractivity contribution is 0.0599. The summed E-state index contributed by atoms with van der Waals surface area (Å²) in [6.07, 6.45) is 0. The van der Waals surface area contributed by atoms with Crippen molar-refractivity contribution in [1.29, 1.82) is 0 Å². The zero-order chi connectivity index (χ0) is 18.0. The number of aryl methyl sites for hydroxylation is 1. The van der Waals surface area contributed by atoms with Crippen molar-refractivity contribution >= 4 is 11.9 Å². The Labute approximate surface area is 145 Å². The van der Waals surface area contributed by atoms with E-state index in [9.17, 15) is 9.59 Å². The van der Waals surface area contributed by atoms with E-state index in [0.717, 1.165) is 5.56 Å². The van der Waals surface area contributed by atoms with E-state index in [-0.39, 0.29) is 5.91 Å². The molecule has 1 amide bonds. The Hall–Kier alpha value is -2.96. The number of aromatic amines is 1. The van der Waals surface area contributed by atoms with Crippen LogP contribution >= 0.6 is 0 Å². The molecule has 0 spiro atoms. The molecule has 0 saturated heterocycles. The van der Waals surface area contributed by atoms with Gasteiger partial charge in [0.15, 0.2) is 11.5 Å². The highest BCUT2D eigenvalue weighted by atomic mass is 16.6. The lowest BCUT2D eigenvalue weighted by Gasteiger charge is -2.19. The highest BCUT2D eigenvalue weighted by molar-refractivity contribution is 6.00. The Balaban J connectivity index is 1.72. The van der Waals surface area contributed by atoms with Crippen molar-refractivity contribution in [3.8, 4) is 11.5 Å². The van der Waals surface area contributed by atoms with Crippen LogP contribution in [0.3, 0.4) is 0 Å². The van der Waals surface area contributed by atoms with E-state index >= 15 is 0 Å². The standard InChI is InChI=1S/C18H20N2O5/c1-10-15(18(22)23-3)11(2)20-16(10)17(21)19-9-12-4-5-13-14(8-12)25-7-6-24-13/h4-5,8,20H,6-7,9H2,1-3H3,(H,19,21). The van der Waals surface area contributed by atoms with Crippen molar-refractivity contribution in [1.82, 2.24) is 10.3 Å². The van der Waals surface area contributed by atoms with Gasteiger partial charge >= 0.3 is 5.97 Å². The summed E-state index contributed by atoms with van der Waals surface area (Å²) in [5.41, 5.74) is 2.83. The molecular weight excluding hydrogens is 324 g/mol. The van der Waals surface area contributed by atoms with Crippen molar-refractivity contribution in [3.63, 3.8) is 0 Å². The molecule has 1 aromatic carbocycles. The number of H-pyrrole nitrogens is 1. The van der Waals surface area contributed by atoms with Gasteiger partial charge < -0.3 is 24.5 Å². The van der Waals surface area contributed by atoms with Crippen LogP contribution in [0, 0.1) is 13.8 Å². The maximum atomic E-state index is 12.5. The summed E-state index contributed by atoms with van der Waals surface area (Å²) in [5, 5.41) is 2.84. The number of carbonyl (C=O) groups is 2. The molecule has 0 fully saturated rings. The summed E-state index contributed by atoms with van der Waals surface area (Å²) in [6, 6.07) is 5.55. The number of hydrogen-bond acceptors (Lipinski definition) is 5. The Morgan fingerprint density at radius 2 is 1.92 bits per heavy atom. The molecule has 7 heteroatoms.